The number of alkyl halides is 3. The van der Waals surface area contributed by atoms with E-state index in [0.717, 1.165) is 35.0 Å². The molecule has 0 unspecified atom stereocenters. The molecule has 1 amide bonds. The fourth-order valence-electron chi connectivity index (χ4n) is 5.02. The van der Waals surface area contributed by atoms with Gasteiger partial charge in [-0.25, -0.2) is 0 Å². The number of aromatic nitrogens is 2. The van der Waals surface area contributed by atoms with E-state index in [9.17, 15) is 18.0 Å². The fourth-order valence-corrected chi connectivity index (χ4v) is 5.02. The van der Waals surface area contributed by atoms with Gasteiger partial charge in [0.25, 0.3) is 5.91 Å². The largest absolute Gasteiger partial charge is 0.495 e. The number of carbonyl (C=O) groups is 1. The number of hydrogen-bond acceptors (Lipinski definition) is 5. The lowest BCUT2D eigenvalue weighted by Gasteiger charge is -2.22. The average molecular weight is 570 g/mol. The second-order valence-electron chi connectivity index (χ2n) is 10.5. The number of benzene rings is 3. The zero-order valence-corrected chi connectivity index (χ0v) is 23.4. The van der Waals surface area contributed by atoms with E-state index in [1.165, 1.54) is 13.2 Å². The van der Waals surface area contributed by atoms with E-state index in [-0.39, 0.29) is 24.9 Å². The summed E-state index contributed by atoms with van der Waals surface area (Å²) in [7, 11) is 1.53. The first-order valence-corrected chi connectivity index (χ1v) is 13.4. The second kappa shape index (κ2) is 12.3. The van der Waals surface area contributed by atoms with Crippen LogP contribution < -0.4 is 10.1 Å². The van der Waals surface area contributed by atoms with E-state index in [1.807, 2.05) is 28.9 Å². The Hall–Kier alpha value is -3.89. The van der Waals surface area contributed by atoms with Crippen LogP contribution >= 0.6 is 0 Å². The molecule has 7 nitrogen and oxygen atoms in total. The van der Waals surface area contributed by atoms with Crippen LogP contribution in [0.25, 0.3) is 22.0 Å². The third-order valence-electron chi connectivity index (χ3n) is 7.01. The van der Waals surface area contributed by atoms with Crippen LogP contribution in [-0.4, -0.2) is 45.8 Å². The van der Waals surface area contributed by atoms with Crippen molar-refractivity contribution in [1.29, 1.82) is 0 Å². The van der Waals surface area contributed by atoms with E-state index >= 15 is 0 Å². The van der Waals surface area contributed by atoms with E-state index < -0.39 is 18.0 Å². The van der Waals surface area contributed by atoms with Crippen molar-refractivity contribution in [3.63, 3.8) is 0 Å². The summed E-state index contributed by atoms with van der Waals surface area (Å²) in [5.74, 6) is 0.543. The minimum Gasteiger partial charge on any atom is -0.495 e. The number of aliphatic hydroxyl groups excluding tert-OH is 1. The third kappa shape index (κ3) is 6.71. The van der Waals surface area contributed by atoms with Gasteiger partial charge in [-0.3, -0.25) is 9.48 Å². The lowest BCUT2D eigenvalue weighted by Crippen LogP contribution is -2.27. The molecule has 0 spiro atoms. The summed E-state index contributed by atoms with van der Waals surface area (Å²) in [6.45, 7) is 6.02. The maximum Gasteiger partial charge on any atom is 0.416 e. The molecule has 0 radical (unpaired) electrons. The van der Waals surface area contributed by atoms with Gasteiger partial charge in [-0.15, -0.1) is 0 Å². The van der Waals surface area contributed by atoms with E-state index in [2.05, 4.69) is 19.2 Å². The summed E-state index contributed by atoms with van der Waals surface area (Å²) in [5, 5.41) is 26.1. The lowest BCUT2D eigenvalue weighted by atomic mass is 9.95. The zero-order valence-electron chi connectivity index (χ0n) is 23.4. The van der Waals surface area contributed by atoms with Gasteiger partial charge in [0.2, 0.25) is 0 Å². The molecular weight excluding hydrogens is 535 g/mol. The number of carbonyl (C=O) groups excluding carboxylic acids is 1. The molecule has 3 aromatic carbocycles. The molecule has 0 saturated heterocycles. The van der Waals surface area contributed by atoms with Crippen LogP contribution in [0.5, 0.6) is 5.75 Å². The highest BCUT2D eigenvalue weighted by atomic mass is 19.4. The first-order valence-electron chi connectivity index (χ1n) is 13.4. The topological polar surface area (TPSA) is 96.6 Å². The summed E-state index contributed by atoms with van der Waals surface area (Å²) < 4.78 is 47.4. The quantitative estimate of drug-likeness (QED) is 0.201. The van der Waals surface area contributed by atoms with Crippen LogP contribution in [-0.2, 0) is 6.18 Å². The van der Waals surface area contributed by atoms with Crippen molar-refractivity contribution in [3.05, 3.63) is 83.0 Å². The van der Waals surface area contributed by atoms with Gasteiger partial charge in [-0.05, 0) is 72.4 Å². The number of hydrogen-bond donors (Lipinski definition) is 3. The van der Waals surface area contributed by atoms with Gasteiger partial charge in [0.15, 0.2) is 6.29 Å². The van der Waals surface area contributed by atoms with Gasteiger partial charge < -0.3 is 20.3 Å². The van der Waals surface area contributed by atoms with Crippen molar-refractivity contribution in [1.82, 2.24) is 15.1 Å². The van der Waals surface area contributed by atoms with Crippen LogP contribution in [0, 0.1) is 12.8 Å². The van der Waals surface area contributed by atoms with Crippen LogP contribution in [0.4, 0.5) is 13.2 Å². The van der Waals surface area contributed by atoms with Crippen LogP contribution in [0.3, 0.4) is 0 Å². The maximum atomic E-state index is 13.2. The van der Waals surface area contributed by atoms with Crippen LogP contribution in [0.1, 0.15) is 59.8 Å². The standard InChI is InChI=1S/C31H34F3N3O4/c1-18(2)15-27(20-5-7-21(8-6-20)30(40)35-14-13-28(38)39)37-26-12-11-24(29(41-4)25(26)17-36-37)23-10-9-22(16-19(23)3)31(32,33)34/h5-12,16-18,27-28,38-39H,13-15H2,1-4H3,(H,35,40)/t27-/m0/s1. The third-order valence-corrected chi connectivity index (χ3v) is 7.01. The van der Waals surface area contributed by atoms with Gasteiger partial charge in [-0.1, -0.05) is 32.0 Å². The first-order chi connectivity index (χ1) is 19.4. The van der Waals surface area contributed by atoms with E-state index in [0.29, 0.717) is 33.9 Å². The normalized spacial score (nSPS) is 12.8. The Bertz CT molecular complexity index is 1510. The van der Waals surface area contributed by atoms with Gasteiger partial charge in [0.1, 0.15) is 5.75 Å². The Morgan fingerprint density at radius 1 is 1.05 bits per heavy atom. The molecule has 4 aromatic rings. The summed E-state index contributed by atoms with van der Waals surface area (Å²) in [6.07, 6.45) is -3.39. The minimum absolute atomic E-state index is 0.0380. The van der Waals surface area contributed by atoms with Gasteiger partial charge >= 0.3 is 6.18 Å². The maximum absolute atomic E-state index is 13.2. The van der Waals surface area contributed by atoms with Crippen molar-refractivity contribution < 1.29 is 32.9 Å². The predicted molar refractivity (Wildman–Crippen MR) is 151 cm³/mol. The number of fused-ring (bicyclic) bond motifs is 1. The molecule has 3 N–H and O–H groups in total. The van der Waals surface area contributed by atoms with Crippen molar-refractivity contribution in [3.8, 4) is 16.9 Å². The van der Waals surface area contributed by atoms with Crippen molar-refractivity contribution in [2.45, 2.75) is 52.1 Å². The molecule has 1 atom stereocenters. The van der Waals surface area contributed by atoms with E-state index in [4.69, 9.17) is 20.0 Å². The molecule has 41 heavy (non-hydrogen) atoms. The van der Waals surface area contributed by atoms with Crippen LogP contribution in [0.15, 0.2) is 60.8 Å². The highest BCUT2D eigenvalue weighted by molar-refractivity contribution is 5.95. The Kier molecular flexibility index (Phi) is 9.04. The molecule has 218 valence electrons. The van der Waals surface area contributed by atoms with Gasteiger partial charge in [-0.2, -0.15) is 18.3 Å². The second-order valence-corrected chi connectivity index (χ2v) is 10.5. The summed E-state index contributed by atoms with van der Waals surface area (Å²) in [6, 6.07) is 14.5. The highest BCUT2D eigenvalue weighted by Crippen LogP contribution is 2.41. The molecule has 0 aliphatic rings. The number of halogens is 3. The molecule has 0 aliphatic carbocycles. The number of rotatable bonds is 10. The Labute approximate surface area is 236 Å². The van der Waals surface area contributed by atoms with E-state index in [1.54, 1.807) is 25.3 Å². The SMILES string of the molecule is COc1c(-c2ccc(C(F)(F)F)cc2C)ccc2c1cnn2[C@@H](CC(C)C)c1ccc(C(=O)NCCC(O)O)cc1. The zero-order chi connectivity index (χ0) is 29.9. The smallest absolute Gasteiger partial charge is 0.416 e. The number of aliphatic hydroxyl groups is 2. The monoisotopic (exact) mass is 569 g/mol. The molecule has 10 heteroatoms. The predicted octanol–water partition coefficient (Wildman–Crippen LogP) is 6.11. The molecular formula is C31H34F3N3O4. The van der Waals surface area contributed by atoms with Crippen molar-refractivity contribution >= 4 is 16.8 Å². The molecule has 0 aliphatic heterocycles. The number of nitrogens with one attached hydrogen (secondary N) is 1. The number of amides is 1. The summed E-state index contributed by atoms with van der Waals surface area (Å²) >= 11 is 0. The van der Waals surface area contributed by atoms with Crippen LogP contribution in [0.2, 0.25) is 0 Å². The first kappa shape index (κ1) is 30.1. The Balaban J connectivity index is 1.70. The lowest BCUT2D eigenvalue weighted by molar-refractivity contribution is -0.137. The fraction of sp³-hybridized carbons (Fsp3) is 0.355. The van der Waals surface area contributed by atoms with Crippen molar-refractivity contribution in [2.75, 3.05) is 13.7 Å². The Morgan fingerprint density at radius 2 is 1.73 bits per heavy atom. The van der Waals surface area contributed by atoms with Gasteiger partial charge in [0.05, 0.1) is 35.8 Å². The highest BCUT2D eigenvalue weighted by Gasteiger charge is 2.31. The molecule has 1 aromatic heterocycles. The van der Waals surface area contributed by atoms with Gasteiger partial charge in [0, 0.05) is 24.1 Å². The summed E-state index contributed by atoms with van der Waals surface area (Å²) in [4.78, 5) is 12.4. The average Bonchev–Trinajstić information content (AvgIpc) is 3.34. The minimum atomic E-state index is -4.42. The molecule has 0 bridgehead atoms. The molecule has 0 fully saturated rings. The Morgan fingerprint density at radius 3 is 2.32 bits per heavy atom. The molecule has 1 heterocycles. The number of nitrogens with zero attached hydrogens (tertiary/aromatic N) is 2. The molecule has 0 saturated carbocycles. The number of ether oxygens (including phenoxy) is 1. The number of aryl methyl sites for hydroxylation is 1. The summed E-state index contributed by atoms with van der Waals surface area (Å²) in [5.41, 5.74) is 3.32. The molecule has 4 rings (SSSR count). The van der Waals surface area contributed by atoms with Crippen molar-refractivity contribution in [2.24, 2.45) is 5.92 Å². The number of methoxy groups -OCH3 is 1.